The summed E-state index contributed by atoms with van der Waals surface area (Å²) in [5.41, 5.74) is 0.639. The van der Waals surface area contributed by atoms with Crippen LogP contribution in [0.5, 0.6) is 11.5 Å². The van der Waals surface area contributed by atoms with Crippen molar-refractivity contribution >= 4 is 16.6 Å². The van der Waals surface area contributed by atoms with Gasteiger partial charge in [-0.25, -0.2) is 4.79 Å². The molecule has 32 heavy (non-hydrogen) atoms. The van der Waals surface area contributed by atoms with Gasteiger partial charge in [-0.05, 0) is 12.1 Å². The lowest BCUT2D eigenvalue weighted by Gasteiger charge is -2.15. The Morgan fingerprint density at radius 3 is 2.38 bits per heavy atom. The summed E-state index contributed by atoms with van der Waals surface area (Å²) in [5, 5.41) is 11.6. The molecule has 10 nitrogen and oxygen atoms in total. The van der Waals surface area contributed by atoms with Crippen molar-refractivity contribution in [2.24, 2.45) is 14.1 Å². The molecule has 0 unspecified atom stereocenters. The third-order valence-electron chi connectivity index (χ3n) is 5.41. The van der Waals surface area contributed by atoms with Crippen LogP contribution in [0.15, 0.2) is 58.3 Å². The second-order valence-electron chi connectivity index (χ2n) is 7.16. The minimum atomic E-state index is -0.509. The summed E-state index contributed by atoms with van der Waals surface area (Å²) < 4.78 is 14.9. The molecule has 0 saturated carbocycles. The largest absolute Gasteiger partial charge is 0.497 e. The van der Waals surface area contributed by atoms with Crippen LogP contribution in [-0.2, 0) is 14.1 Å². The highest BCUT2D eigenvalue weighted by atomic mass is 16.6. The van der Waals surface area contributed by atoms with E-state index >= 15 is 0 Å². The van der Waals surface area contributed by atoms with Crippen molar-refractivity contribution in [1.29, 1.82) is 0 Å². The van der Waals surface area contributed by atoms with Gasteiger partial charge in [-0.15, -0.1) is 0 Å². The number of ether oxygens (including phenoxy) is 2. The smallest absolute Gasteiger partial charge is 0.330 e. The fourth-order valence-electron chi connectivity index (χ4n) is 3.77. The number of non-ortho nitro benzene ring substituents is 1. The molecule has 0 aliphatic heterocycles. The fraction of sp³-hybridized carbons (Fsp3) is 0.182. The van der Waals surface area contributed by atoms with Gasteiger partial charge in [-0.3, -0.25) is 24.0 Å². The number of aromatic nitrogens is 3. The number of fused-ring (bicyclic) bond motifs is 1. The Morgan fingerprint density at radius 2 is 1.72 bits per heavy atom. The number of nitro benzene ring substituents is 1. The zero-order valence-corrected chi connectivity index (χ0v) is 17.9. The molecule has 0 saturated heterocycles. The van der Waals surface area contributed by atoms with Crippen molar-refractivity contribution in [3.05, 3.63) is 79.6 Å². The third-order valence-corrected chi connectivity index (χ3v) is 5.41. The van der Waals surface area contributed by atoms with Gasteiger partial charge in [-0.1, -0.05) is 12.1 Å². The Morgan fingerprint density at radius 1 is 0.969 bits per heavy atom. The summed E-state index contributed by atoms with van der Waals surface area (Å²) in [4.78, 5) is 36.6. The Kier molecular flexibility index (Phi) is 5.05. The predicted octanol–water partition coefficient (Wildman–Crippen LogP) is 2.62. The normalized spacial score (nSPS) is 11.0. The molecule has 4 aromatic rings. The van der Waals surface area contributed by atoms with E-state index in [2.05, 4.69) is 0 Å². The lowest BCUT2D eigenvalue weighted by Crippen LogP contribution is -2.36. The van der Waals surface area contributed by atoms with Crippen molar-refractivity contribution in [3.8, 4) is 28.4 Å². The van der Waals surface area contributed by atoms with Gasteiger partial charge < -0.3 is 14.0 Å². The number of nitrogens with zero attached hydrogens (tertiary/aromatic N) is 4. The first kappa shape index (κ1) is 20.9. The van der Waals surface area contributed by atoms with E-state index in [1.165, 1.54) is 38.0 Å². The molecule has 0 atom stereocenters. The molecule has 0 spiro atoms. The number of nitro groups is 1. The maximum Gasteiger partial charge on any atom is 0.330 e. The van der Waals surface area contributed by atoms with Crippen LogP contribution in [0.4, 0.5) is 5.69 Å². The first-order valence-electron chi connectivity index (χ1n) is 9.56. The zero-order chi connectivity index (χ0) is 23.2. The van der Waals surface area contributed by atoms with Crippen LogP contribution in [0.2, 0.25) is 0 Å². The SMILES string of the molecule is COc1ccc(OC)c(-n2cc3c(c2-c2cccc([N+](=O)[O-])c2)c(=O)n(C)c(=O)n3C)c1. The molecular weight excluding hydrogens is 416 g/mol. The molecule has 2 aromatic heterocycles. The van der Waals surface area contributed by atoms with E-state index in [1.54, 1.807) is 48.1 Å². The van der Waals surface area contributed by atoms with Crippen molar-refractivity contribution in [2.75, 3.05) is 14.2 Å². The van der Waals surface area contributed by atoms with Crippen LogP contribution >= 0.6 is 0 Å². The fourth-order valence-corrected chi connectivity index (χ4v) is 3.77. The standard InChI is InChI=1S/C22H20N4O6/c1-23-17-12-25(16-11-15(31-3)8-9-18(16)32-4)20(19(17)21(27)24(2)22(23)28)13-6-5-7-14(10-13)26(29)30/h5-12H,1-4H3. The third kappa shape index (κ3) is 3.13. The maximum atomic E-state index is 13.2. The Hall–Kier alpha value is -4.34. The first-order chi connectivity index (χ1) is 15.3. The molecule has 4 rings (SSSR count). The summed E-state index contributed by atoms with van der Waals surface area (Å²) in [7, 11) is 5.99. The van der Waals surface area contributed by atoms with Crippen LogP contribution in [-0.4, -0.2) is 32.8 Å². The molecule has 0 aliphatic rings. The van der Waals surface area contributed by atoms with Crippen LogP contribution in [0, 0.1) is 10.1 Å². The molecule has 2 heterocycles. The quantitative estimate of drug-likeness (QED) is 0.351. The molecule has 0 amide bonds. The maximum absolute atomic E-state index is 13.2. The summed E-state index contributed by atoms with van der Waals surface area (Å²) in [6.45, 7) is 0. The van der Waals surface area contributed by atoms with Crippen molar-refractivity contribution in [1.82, 2.24) is 13.7 Å². The van der Waals surface area contributed by atoms with Gasteiger partial charge >= 0.3 is 5.69 Å². The average Bonchev–Trinajstić information content (AvgIpc) is 3.21. The summed E-state index contributed by atoms with van der Waals surface area (Å²) in [5.74, 6) is 1.03. The molecule has 0 bridgehead atoms. The lowest BCUT2D eigenvalue weighted by atomic mass is 10.1. The van der Waals surface area contributed by atoms with E-state index < -0.39 is 16.2 Å². The van der Waals surface area contributed by atoms with Crippen molar-refractivity contribution in [3.63, 3.8) is 0 Å². The monoisotopic (exact) mass is 436 g/mol. The van der Waals surface area contributed by atoms with Gasteiger partial charge in [0, 0.05) is 44.1 Å². The number of methoxy groups -OCH3 is 2. The topological polar surface area (TPSA) is 111 Å². The number of hydrogen-bond donors (Lipinski definition) is 0. The number of benzene rings is 2. The minimum absolute atomic E-state index is 0.123. The van der Waals surface area contributed by atoms with Crippen LogP contribution in [0.3, 0.4) is 0 Å². The minimum Gasteiger partial charge on any atom is -0.497 e. The van der Waals surface area contributed by atoms with E-state index in [9.17, 15) is 19.7 Å². The highest BCUT2D eigenvalue weighted by molar-refractivity contribution is 5.95. The van der Waals surface area contributed by atoms with E-state index in [4.69, 9.17) is 9.47 Å². The van der Waals surface area contributed by atoms with Gasteiger partial charge in [0.05, 0.1) is 41.4 Å². The van der Waals surface area contributed by atoms with Gasteiger partial charge in [0.2, 0.25) is 0 Å². The number of hydrogen-bond acceptors (Lipinski definition) is 6. The number of rotatable bonds is 5. The van der Waals surface area contributed by atoms with Crippen LogP contribution in [0.1, 0.15) is 0 Å². The van der Waals surface area contributed by atoms with Gasteiger partial charge in [0.1, 0.15) is 11.5 Å². The molecule has 0 radical (unpaired) electrons. The summed E-state index contributed by atoms with van der Waals surface area (Å²) in [6.07, 6.45) is 1.64. The van der Waals surface area contributed by atoms with E-state index in [0.717, 1.165) is 4.57 Å². The molecule has 0 aliphatic carbocycles. The molecule has 0 fully saturated rings. The Bertz CT molecular complexity index is 1500. The highest BCUT2D eigenvalue weighted by Gasteiger charge is 2.23. The summed E-state index contributed by atoms with van der Waals surface area (Å²) in [6, 6.07) is 11.2. The molecule has 0 N–H and O–H groups in total. The Labute approximate surface area is 181 Å². The highest BCUT2D eigenvalue weighted by Crippen LogP contribution is 2.36. The Balaban J connectivity index is 2.22. The molecule has 10 heteroatoms. The van der Waals surface area contributed by atoms with Crippen molar-refractivity contribution in [2.45, 2.75) is 0 Å². The number of aryl methyl sites for hydroxylation is 1. The second-order valence-corrected chi connectivity index (χ2v) is 7.16. The average molecular weight is 436 g/mol. The molecule has 164 valence electrons. The van der Waals surface area contributed by atoms with E-state index in [-0.39, 0.29) is 11.1 Å². The molecular formula is C22H20N4O6. The van der Waals surface area contributed by atoms with Crippen LogP contribution < -0.4 is 20.7 Å². The van der Waals surface area contributed by atoms with Gasteiger partial charge in [-0.2, -0.15) is 0 Å². The second kappa shape index (κ2) is 7.73. The van der Waals surface area contributed by atoms with Crippen molar-refractivity contribution < 1.29 is 14.4 Å². The van der Waals surface area contributed by atoms with Crippen LogP contribution in [0.25, 0.3) is 27.8 Å². The van der Waals surface area contributed by atoms with Gasteiger partial charge in [0.25, 0.3) is 11.2 Å². The van der Waals surface area contributed by atoms with E-state index in [1.807, 2.05) is 0 Å². The predicted molar refractivity (Wildman–Crippen MR) is 119 cm³/mol. The summed E-state index contributed by atoms with van der Waals surface area (Å²) >= 11 is 0. The first-order valence-corrected chi connectivity index (χ1v) is 9.56. The zero-order valence-electron chi connectivity index (χ0n) is 17.9. The van der Waals surface area contributed by atoms with Gasteiger partial charge in [0.15, 0.2) is 0 Å². The lowest BCUT2D eigenvalue weighted by molar-refractivity contribution is -0.384. The van der Waals surface area contributed by atoms with E-state index in [0.29, 0.717) is 34.0 Å². The molecule has 2 aromatic carbocycles.